The Morgan fingerprint density at radius 3 is 3.19 bits per heavy atom. The summed E-state index contributed by atoms with van der Waals surface area (Å²) >= 11 is 0. The van der Waals surface area contributed by atoms with Gasteiger partial charge in [0.25, 0.3) is 0 Å². The lowest BCUT2D eigenvalue weighted by Crippen LogP contribution is -2.25. The molecule has 0 aliphatic carbocycles. The fourth-order valence-electron chi connectivity index (χ4n) is 2.94. The van der Waals surface area contributed by atoms with E-state index in [1.807, 2.05) is 12.1 Å². The van der Waals surface area contributed by atoms with E-state index in [1.165, 1.54) is 6.92 Å². The molecule has 26 heavy (non-hydrogen) atoms. The molecular formula is C18H25N5O3. The average molecular weight is 359 g/mol. The standard InChI is InChI=1S/C18H25N5O3/c1-3-4-18-21-17(22-26-18)12-23-8-6-16(11-23)25-15-5-7-19-14(9-15)10-20-13(2)24/h5,7,9,16H,3-4,6,8,10-12H2,1-2H3,(H,20,24). The second kappa shape index (κ2) is 8.75. The van der Waals surface area contributed by atoms with Crippen molar-refractivity contribution in [3.8, 4) is 5.75 Å². The van der Waals surface area contributed by atoms with Crippen molar-refractivity contribution in [3.63, 3.8) is 0 Å². The fourth-order valence-corrected chi connectivity index (χ4v) is 2.94. The summed E-state index contributed by atoms with van der Waals surface area (Å²) in [5, 5.41) is 6.78. The summed E-state index contributed by atoms with van der Waals surface area (Å²) in [5.74, 6) is 2.14. The van der Waals surface area contributed by atoms with E-state index in [0.29, 0.717) is 19.0 Å². The first-order valence-corrected chi connectivity index (χ1v) is 9.02. The first-order chi connectivity index (χ1) is 12.6. The molecule has 1 saturated heterocycles. The molecule has 1 unspecified atom stereocenters. The number of ether oxygens (including phenoxy) is 1. The number of carbonyl (C=O) groups excluding carboxylic acids is 1. The van der Waals surface area contributed by atoms with E-state index < -0.39 is 0 Å². The highest BCUT2D eigenvalue weighted by molar-refractivity contribution is 5.72. The van der Waals surface area contributed by atoms with Gasteiger partial charge in [0.1, 0.15) is 11.9 Å². The number of aryl methyl sites for hydroxylation is 1. The maximum Gasteiger partial charge on any atom is 0.226 e. The average Bonchev–Trinajstić information content (AvgIpc) is 3.24. The van der Waals surface area contributed by atoms with Gasteiger partial charge in [-0.2, -0.15) is 4.98 Å². The van der Waals surface area contributed by atoms with Gasteiger partial charge in [0.15, 0.2) is 5.82 Å². The van der Waals surface area contributed by atoms with Crippen LogP contribution in [-0.2, 0) is 24.3 Å². The molecule has 2 aromatic rings. The number of aromatic nitrogens is 3. The van der Waals surface area contributed by atoms with Crippen LogP contribution in [0.4, 0.5) is 0 Å². The Balaban J connectivity index is 1.49. The minimum Gasteiger partial charge on any atom is -0.489 e. The van der Waals surface area contributed by atoms with Gasteiger partial charge in [0, 0.05) is 38.7 Å². The first-order valence-electron chi connectivity index (χ1n) is 9.02. The highest BCUT2D eigenvalue weighted by Gasteiger charge is 2.25. The van der Waals surface area contributed by atoms with Gasteiger partial charge in [-0.3, -0.25) is 14.7 Å². The zero-order chi connectivity index (χ0) is 18.4. The van der Waals surface area contributed by atoms with Crippen LogP contribution in [0, 0.1) is 0 Å². The molecule has 8 nitrogen and oxygen atoms in total. The van der Waals surface area contributed by atoms with Crippen molar-refractivity contribution in [2.45, 2.75) is 52.3 Å². The Kier molecular flexibility index (Phi) is 6.17. The van der Waals surface area contributed by atoms with E-state index in [4.69, 9.17) is 9.26 Å². The predicted molar refractivity (Wildman–Crippen MR) is 94.4 cm³/mol. The number of nitrogens with zero attached hydrogens (tertiary/aromatic N) is 4. The molecule has 1 atom stereocenters. The Morgan fingerprint density at radius 1 is 1.50 bits per heavy atom. The van der Waals surface area contributed by atoms with Gasteiger partial charge in [-0.1, -0.05) is 12.1 Å². The first kappa shape index (κ1) is 18.3. The van der Waals surface area contributed by atoms with Gasteiger partial charge in [-0.05, 0) is 18.9 Å². The summed E-state index contributed by atoms with van der Waals surface area (Å²) in [5.41, 5.74) is 0.780. The molecule has 2 aromatic heterocycles. The summed E-state index contributed by atoms with van der Waals surface area (Å²) in [6, 6.07) is 3.71. The molecule has 1 fully saturated rings. The largest absolute Gasteiger partial charge is 0.489 e. The molecule has 8 heteroatoms. The van der Waals surface area contributed by atoms with Crippen molar-refractivity contribution in [1.29, 1.82) is 0 Å². The van der Waals surface area contributed by atoms with Gasteiger partial charge >= 0.3 is 0 Å². The third kappa shape index (κ3) is 5.26. The predicted octanol–water partition coefficient (Wildman–Crippen LogP) is 1.71. The third-order valence-electron chi connectivity index (χ3n) is 4.18. The summed E-state index contributed by atoms with van der Waals surface area (Å²) in [6.45, 7) is 6.42. The van der Waals surface area contributed by atoms with E-state index in [9.17, 15) is 4.79 Å². The topological polar surface area (TPSA) is 93.4 Å². The maximum atomic E-state index is 11.0. The monoisotopic (exact) mass is 359 g/mol. The molecule has 1 N–H and O–H groups in total. The van der Waals surface area contributed by atoms with Crippen LogP contribution in [-0.4, -0.2) is 45.1 Å². The Morgan fingerprint density at radius 2 is 2.38 bits per heavy atom. The van der Waals surface area contributed by atoms with Crippen LogP contribution in [0.2, 0.25) is 0 Å². The third-order valence-corrected chi connectivity index (χ3v) is 4.18. The molecule has 0 bridgehead atoms. The van der Waals surface area contributed by atoms with E-state index in [2.05, 4.69) is 32.3 Å². The van der Waals surface area contributed by atoms with Crippen molar-refractivity contribution < 1.29 is 14.1 Å². The normalized spacial score (nSPS) is 17.4. The highest BCUT2D eigenvalue weighted by atomic mass is 16.5. The number of nitrogens with one attached hydrogen (secondary N) is 1. The molecular weight excluding hydrogens is 334 g/mol. The Bertz CT molecular complexity index is 733. The van der Waals surface area contributed by atoms with Crippen LogP contribution in [0.1, 0.15) is 44.1 Å². The van der Waals surface area contributed by atoms with E-state index in [1.54, 1.807) is 6.20 Å². The van der Waals surface area contributed by atoms with Crippen molar-refractivity contribution in [2.75, 3.05) is 13.1 Å². The number of rotatable bonds is 8. The zero-order valence-electron chi connectivity index (χ0n) is 15.3. The van der Waals surface area contributed by atoms with Gasteiger partial charge in [0.05, 0.1) is 18.8 Å². The van der Waals surface area contributed by atoms with Crippen molar-refractivity contribution in [2.24, 2.45) is 0 Å². The number of hydrogen-bond acceptors (Lipinski definition) is 7. The van der Waals surface area contributed by atoms with Crippen molar-refractivity contribution in [1.82, 2.24) is 25.3 Å². The Labute approximate surface area is 152 Å². The lowest BCUT2D eigenvalue weighted by molar-refractivity contribution is -0.119. The van der Waals surface area contributed by atoms with Gasteiger partial charge in [-0.25, -0.2) is 0 Å². The lowest BCUT2D eigenvalue weighted by atomic mass is 10.3. The molecule has 3 rings (SSSR count). The van der Waals surface area contributed by atoms with E-state index in [-0.39, 0.29) is 12.0 Å². The molecule has 1 aliphatic heterocycles. The van der Waals surface area contributed by atoms with Crippen LogP contribution in [0.25, 0.3) is 0 Å². The summed E-state index contributed by atoms with van der Waals surface area (Å²) in [6.07, 6.45) is 4.59. The second-order valence-corrected chi connectivity index (χ2v) is 6.51. The van der Waals surface area contributed by atoms with E-state index >= 15 is 0 Å². The van der Waals surface area contributed by atoms with Gasteiger partial charge in [-0.15, -0.1) is 0 Å². The second-order valence-electron chi connectivity index (χ2n) is 6.51. The molecule has 0 spiro atoms. The number of likely N-dealkylation sites (tertiary alicyclic amines) is 1. The van der Waals surface area contributed by atoms with Crippen LogP contribution >= 0.6 is 0 Å². The number of pyridine rings is 1. The minimum atomic E-state index is -0.0758. The van der Waals surface area contributed by atoms with Crippen LogP contribution in [0.5, 0.6) is 5.75 Å². The minimum absolute atomic E-state index is 0.0758. The molecule has 0 aromatic carbocycles. The zero-order valence-corrected chi connectivity index (χ0v) is 15.3. The number of hydrogen-bond donors (Lipinski definition) is 1. The number of amides is 1. The number of carbonyl (C=O) groups is 1. The lowest BCUT2D eigenvalue weighted by Gasteiger charge is -2.16. The summed E-state index contributed by atoms with van der Waals surface area (Å²) in [4.78, 5) is 21.9. The Hall–Kier alpha value is -2.48. The van der Waals surface area contributed by atoms with E-state index in [0.717, 1.165) is 49.6 Å². The molecule has 140 valence electrons. The van der Waals surface area contributed by atoms with Crippen molar-refractivity contribution >= 4 is 5.91 Å². The van der Waals surface area contributed by atoms with Gasteiger partial charge < -0.3 is 14.6 Å². The van der Waals surface area contributed by atoms with Crippen LogP contribution in [0.15, 0.2) is 22.9 Å². The fraction of sp³-hybridized carbons (Fsp3) is 0.556. The quantitative estimate of drug-likeness (QED) is 0.767. The summed E-state index contributed by atoms with van der Waals surface area (Å²) in [7, 11) is 0. The molecule has 3 heterocycles. The molecule has 1 aliphatic rings. The van der Waals surface area contributed by atoms with Crippen LogP contribution < -0.4 is 10.1 Å². The molecule has 0 radical (unpaired) electrons. The molecule has 1 amide bonds. The van der Waals surface area contributed by atoms with Crippen molar-refractivity contribution in [3.05, 3.63) is 35.7 Å². The summed E-state index contributed by atoms with van der Waals surface area (Å²) < 4.78 is 11.3. The SMILES string of the molecule is CCCc1nc(CN2CCC(Oc3ccnc(CNC(C)=O)c3)C2)no1. The maximum absolute atomic E-state index is 11.0. The highest BCUT2D eigenvalue weighted by Crippen LogP contribution is 2.20. The van der Waals surface area contributed by atoms with Gasteiger partial charge in [0.2, 0.25) is 11.8 Å². The van der Waals surface area contributed by atoms with Crippen LogP contribution in [0.3, 0.4) is 0 Å². The molecule has 0 saturated carbocycles. The smallest absolute Gasteiger partial charge is 0.226 e.